The maximum Gasteiger partial charge on any atom is 0.262 e. The van der Waals surface area contributed by atoms with E-state index in [2.05, 4.69) is 10.3 Å². The first-order valence-corrected chi connectivity index (χ1v) is 11.6. The number of thioether (sulfide) groups is 1. The van der Waals surface area contributed by atoms with Crippen LogP contribution < -0.4 is 5.32 Å². The highest BCUT2D eigenvalue weighted by atomic mass is 32.2. The third-order valence-electron chi connectivity index (χ3n) is 4.76. The van der Waals surface area contributed by atoms with Crippen LogP contribution in [-0.2, 0) is 4.79 Å². The van der Waals surface area contributed by atoms with Crippen molar-refractivity contribution in [2.24, 2.45) is 0 Å². The van der Waals surface area contributed by atoms with E-state index in [0.29, 0.717) is 39.9 Å². The maximum absolute atomic E-state index is 13.1. The molecule has 0 aliphatic carbocycles. The third-order valence-corrected chi connectivity index (χ3v) is 6.16. The van der Waals surface area contributed by atoms with Crippen LogP contribution in [0, 0.1) is 6.92 Å². The second-order valence-corrected chi connectivity index (χ2v) is 8.60. The summed E-state index contributed by atoms with van der Waals surface area (Å²) in [6.07, 6.45) is 2.27. The molecule has 0 radical (unpaired) electrons. The number of carbonyl (C=O) groups excluding carboxylic acids is 3. The Hall–Kier alpha value is -2.91. The number of nitrogens with zero attached hydrogens (tertiary/aromatic N) is 2. The summed E-state index contributed by atoms with van der Waals surface area (Å²) in [6, 6.07) is 9.37. The molecule has 0 saturated heterocycles. The summed E-state index contributed by atoms with van der Waals surface area (Å²) in [5.41, 5.74) is 1.27. The molecule has 7 nitrogen and oxygen atoms in total. The minimum atomic E-state index is -0.914. The Morgan fingerprint density at radius 1 is 1.20 bits per heavy atom. The lowest BCUT2D eigenvalue weighted by Gasteiger charge is -2.24. The molecule has 3 heterocycles. The van der Waals surface area contributed by atoms with Gasteiger partial charge in [0.05, 0.1) is 11.1 Å². The van der Waals surface area contributed by atoms with Gasteiger partial charge in [0.25, 0.3) is 11.8 Å². The van der Waals surface area contributed by atoms with Crippen LogP contribution in [0.4, 0.5) is 5.13 Å². The van der Waals surface area contributed by atoms with Gasteiger partial charge in [-0.3, -0.25) is 19.3 Å². The van der Waals surface area contributed by atoms with Gasteiger partial charge in [0.15, 0.2) is 10.9 Å². The van der Waals surface area contributed by atoms with Gasteiger partial charge < -0.3 is 9.73 Å². The first kappa shape index (κ1) is 20.4. The highest BCUT2D eigenvalue weighted by Gasteiger charge is 2.42. The summed E-state index contributed by atoms with van der Waals surface area (Å²) in [4.78, 5) is 44.3. The predicted molar refractivity (Wildman–Crippen MR) is 117 cm³/mol. The molecule has 0 unspecified atom stereocenters. The van der Waals surface area contributed by atoms with Crippen molar-refractivity contribution in [2.75, 3.05) is 17.3 Å². The maximum atomic E-state index is 13.1. The molecule has 1 aliphatic rings. The number of aryl methyl sites for hydroxylation is 1. The molecule has 30 heavy (non-hydrogen) atoms. The first-order valence-electron chi connectivity index (χ1n) is 9.28. The predicted octanol–water partition coefficient (Wildman–Crippen LogP) is 4.07. The SMILES string of the molecule is CSCC[C@@H](C(=O)Nc1nc(-c2ccc(C)o2)cs1)N1C(=O)c2ccccc2C1=O. The second kappa shape index (κ2) is 8.45. The van der Waals surface area contributed by atoms with Gasteiger partial charge in [-0.2, -0.15) is 11.8 Å². The number of thiazole rings is 1. The van der Waals surface area contributed by atoms with Gasteiger partial charge in [-0.05, 0) is 49.6 Å². The van der Waals surface area contributed by atoms with Crippen molar-refractivity contribution in [1.82, 2.24) is 9.88 Å². The number of furan rings is 1. The number of hydrogen-bond donors (Lipinski definition) is 1. The monoisotopic (exact) mass is 441 g/mol. The number of hydrogen-bond acceptors (Lipinski definition) is 7. The third kappa shape index (κ3) is 3.78. The topological polar surface area (TPSA) is 92.5 Å². The molecule has 154 valence electrons. The van der Waals surface area contributed by atoms with Crippen LogP contribution in [0.25, 0.3) is 11.5 Å². The molecule has 1 aromatic carbocycles. The van der Waals surface area contributed by atoms with E-state index in [1.54, 1.807) is 41.4 Å². The second-order valence-electron chi connectivity index (χ2n) is 6.76. The fraction of sp³-hybridized carbons (Fsp3) is 0.238. The zero-order valence-corrected chi connectivity index (χ0v) is 18.0. The fourth-order valence-electron chi connectivity index (χ4n) is 3.30. The Labute approximate surface area is 181 Å². The zero-order chi connectivity index (χ0) is 21.3. The smallest absolute Gasteiger partial charge is 0.262 e. The Balaban J connectivity index is 1.56. The van der Waals surface area contributed by atoms with Crippen LogP contribution in [0.3, 0.4) is 0 Å². The van der Waals surface area contributed by atoms with E-state index in [0.717, 1.165) is 10.7 Å². The number of rotatable bonds is 7. The molecule has 0 saturated carbocycles. The zero-order valence-electron chi connectivity index (χ0n) is 16.4. The van der Waals surface area contributed by atoms with Crippen LogP contribution in [0.5, 0.6) is 0 Å². The van der Waals surface area contributed by atoms with Crippen molar-refractivity contribution in [1.29, 1.82) is 0 Å². The van der Waals surface area contributed by atoms with Crippen LogP contribution in [0.1, 0.15) is 32.9 Å². The lowest BCUT2D eigenvalue weighted by atomic mass is 10.1. The molecule has 4 rings (SSSR count). The highest BCUT2D eigenvalue weighted by molar-refractivity contribution is 7.98. The fourth-order valence-corrected chi connectivity index (χ4v) is 4.46. The van der Waals surface area contributed by atoms with Gasteiger partial charge in [0.2, 0.25) is 5.91 Å². The molecule has 0 fully saturated rings. The van der Waals surface area contributed by atoms with E-state index in [1.165, 1.54) is 11.3 Å². The first-order chi connectivity index (χ1) is 14.5. The average Bonchev–Trinajstić information content (AvgIpc) is 3.44. The van der Waals surface area contributed by atoms with Crippen LogP contribution in [0.15, 0.2) is 46.2 Å². The van der Waals surface area contributed by atoms with Crippen LogP contribution in [-0.4, -0.2) is 45.7 Å². The Kier molecular flexibility index (Phi) is 5.74. The van der Waals surface area contributed by atoms with Gasteiger partial charge in [-0.25, -0.2) is 4.98 Å². The van der Waals surface area contributed by atoms with E-state index in [-0.39, 0.29) is 0 Å². The summed E-state index contributed by atoms with van der Waals surface area (Å²) in [5, 5.41) is 4.93. The van der Waals surface area contributed by atoms with Gasteiger partial charge in [0.1, 0.15) is 17.5 Å². The van der Waals surface area contributed by atoms with E-state index < -0.39 is 23.8 Å². The van der Waals surface area contributed by atoms with Crippen molar-refractivity contribution in [3.05, 3.63) is 58.7 Å². The molecule has 3 aromatic rings. The number of amides is 3. The van der Waals surface area contributed by atoms with E-state index in [4.69, 9.17) is 4.42 Å². The molecular weight excluding hydrogens is 422 g/mol. The minimum Gasteiger partial charge on any atom is -0.460 e. The van der Waals surface area contributed by atoms with Crippen molar-refractivity contribution in [2.45, 2.75) is 19.4 Å². The summed E-state index contributed by atoms with van der Waals surface area (Å²) in [5.74, 6) is 0.690. The quantitative estimate of drug-likeness (QED) is 0.556. The van der Waals surface area contributed by atoms with Crippen molar-refractivity contribution >= 4 is 46.0 Å². The molecular formula is C21H19N3O4S2. The van der Waals surface area contributed by atoms with E-state index in [9.17, 15) is 14.4 Å². The molecule has 2 aromatic heterocycles. The Morgan fingerprint density at radius 3 is 2.50 bits per heavy atom. The standard InChI is InChI=1S/C21H19N3O4S2/c1-12-7-8-17(28-12)15-11-30-21(22-15)23-18(25)16(9-10-29-2)24-19(26)13-5-3-4-6-14(13)20(24)27/h3-8,11,16H,9-10H2,1-2H3,(H,22,23,25)/t16-/m0/s1. The number of aromatic nitrogens is 1. The normalized spacial score (nSPS) is 14.1. The Bertz CT molecular complexity index is 1090. The molecule has 1 aliphatic heterocycles. The van der Waals surface area contributed by atoms with Gasteiger partial charge in [-0.1, -0.05) is 12.1 Å². The van der Waals surface area contributed by atoms with Crippen molar-refractivity contribution in [3.8, 4) is 11.5 Å². The van der Waals surface area contributed by atoms with Crippen molar-refractivity contribution < 1.29 is 18.8 Å². The number of carbonyl (C=O) groups is 3. The molecule has 1 atom stereocenters. The average molecular weight is 442 g/mol. The summed E-state index contributed by atoms with van der Waals surface area (Å²) in [7, 11) is 0. The lowest BCUT2D eigenvalue weighted by Crippen LogP contribution is -2.47. The van der Waals surface area contributed by atoms with Gasteiger partial charge in [-0.15, -0.1) is 11.3 Å². The highest BCUT2D eigenvalue weighted by Crippen LogP contribution is 2.29. The molecule has 0 spiro atoms. The minimum absolute atomic E-state index is 0.328. The summed E-state index contributed by atoms with van der Waals surface area (Å²) < 4.78 is 5.56. The van der Waals surface area contributed by atoms with Crippen LogP contribution in [0.2, 0.25) is 0 Å². The number of anilines is 1. The Morgan fingerprint density at radius 2 is 1.90 bits per heavy atom. The number of benzene rings is 1. The van der Waals surface area contributed by atoms with E-state index in [1.807, 2.05) is 25.3 Å². The summed E-state index contributed by atoms with van der Waals surface area (Å²) >= 11 is 2.81. The molecule has 0 bridgehead atoms. The number of fused-ring (bicyclic) bond motifs is 1. The van der Waals surface area contributed by atoms with Crippen molar-refractivity contribution in [3.63, 3.8) is 0 Å². The summed E-state index contributed by atoms with van der Waals surface area (Å²) in [6.45, 7) is 1.84. The van der Waals surface area contributed by atoms with E-state index >= 15 is 0 Å². The number of imide groups is 1. The lowest BCUT2D eigenvalue weighted by molar-refractivity contribution is -0.120. The van der Waals surface area contributed by atoms with Gasteiger partial charge >= 0.3 is 0 Å². The molecule has 9 heteroatoms. The largest absolute Gasteiger partial charge is 0.460 e. The molecule has 3 amide bonds. The van der Waals surface area contributed by atoms with Crippen LogP contribution >= 0.6 is 23.1 Å². The number of nitrogens with one attached hydrogen (secondary N) is 1. The van der Waals surface area contributed by atoms with Gasteiger partial charge in [0, 0.05) is 5.38 Å². The molecule has 1 N–H and O–H groups in total.